The lowest BCUT2D eigenvalue weighted by Gasteiger charge is -2.38. The molecule has 1 rings (SSSR count). The molecule has 0 bridgehead atoms. The number of benzene rings is 1. The van der Waals surface area contributed by atoms with E-state index in [4.69, 9.17) is 0 Å². The Bertz CT molecular complexity index is 670. The summed E-state index contributed by atoms with van der Waals surface area (Å²) in [4.78, 5) is 1.86. The smallest absolute Gasteiger partial charge is 0.146 e. The molecule has 1 nitrogen and oxygen atoms in total. The minimum absolute atomic E-state index is 0.612. The number of allylic oxidation sites excluding steroid dienone is 2. The maximum absolute atomic E-state index is 13.2. The Balaban J connectivity index is 3.21. The van der Waals surface area contributed by atoms with Gasteiger partial charge in [-0.1, -0.05) is 91.8 Å². The summed E-state index contributed by atoms with van der Waals surface area (Å²) >= 11 is 0. The van der Waals surface area contributed by atoms with Gasteiger partial charge in [0.15, 0.2) is 0 Å². The molecule has 3 heteroatoms. The number of hydrogen-bond acceptors (Lipinski definition) is 1. The Hall–Kier alpha value is -1.11. The van der Waals surface area contributed by atoms with Gasteiger partial charge in [0.2, 0.25) is 0 Å². The van der Waals surface area contributed by atoms with Gasteiger partial charge in [-0.25, -0.2) is 4.21 Å². The van der Waals surface area contributed by atoms with Gasteiger partial charge in [0.05, 0.1) is 10.8 Å². The van der Waals surface area contributed by atoms with E-state index < -0.39 is 18.9 Å². The molecular weight excluding hydrogens is 376 g/mol. The average Bonchev–Trinajstić information content (AvgIpc) is 2.66. The molecule has 1 unspecified atom stereocenters. The van der Waals surface area contributed by atoms with Gasteiger partial charge in [0.25, 0.3) is 0 Å². The molecule has 28 heavy (non-hydrogen) atoms. The zero-order valence-corrected chi connectivity index (χ0v) is 20.9. The van der Waals surface area contributed by atoms with Crippen LogP contribution >= 0.6 is 0 Å². The first kappa shape index (κ1) is 24.9. The molecule has 0 aliphatic carbocycles. The van der Waals surface area contributed by atoms with Crippen molar-refractivity contribution in [3.05, 3.63) is 41.3 Å². The van der Waals surface area contributed by atoms with Crippen LogP contribution in [0.4, 0.5) is 0 Å². The van der Waals surface area contributed by atoms with Crippen molar-refractivity contribution in [1.82, 2.24) is 0 Å². The van der Waals surface area contributed by atoms with E-state index in [1.165, 1.54) is 19.3 Å². The predicted octanol–water partition coefficient (Wildman–Crippen LogP) is 7.87. The second-order valence-electron chi connectivity index (χ2n) is 8.67. The van der Waals surface area contributed by atoms with Crippen molar-refractivity contribution in [2.24, 2.45) is 0 Å². The molecular formula is C25H40OSSi. The normalized spacial score (nSPS) is 13.7. The van der Waals surface area contributed by atoms with E-state index in [-0.39, 0.29) is 0 Å². The molecule has 0 aliphatic rings. The molecule has 0 aromatic heterocycles. The van der Waals surface area contributed by atoms with Gasteiger partial charge in [0.1, 0.15) is 8.07 Å². The summed E-state index contributed by atoms with van der Waals surface area (Å²) in [6, 6.07) is 9.81. The summed E-state index contributed by atoms with van der Waals surface area (Å²) in [6.07, 6.45) is 7.59. The first-order valence-electron chi connectivity index (χ1n) is 11.0. The van der Waals surface area contributed by atoms with Crippen LogP contribution < -0.4 is 0 Å². The van der Waals surface area contributed by atoms with Gasteiger partial charge < -0.3 is 0 Å². The highest BCUT2D eigenvalue weighted by atomic mass is 32.2. The zero-order chi connectivity index (χ0) is 21.2. The van der Waals surface area contributed by atoms with Crippen molar-refractivity contribution in [1.29, 1.82) is 0 Å². The van der Waals surface area contributed by atoms with E-state index in [1.807, 2.05) is 36.4 Å². The second-order valence-corrected chi connectivity index (χ2v) is 15.8. The van der Waals surface area contributed by atoms with Crippen LogP contribution in [0.25, 0.3) is 0 Å². The monoisotopic (exact) mass is 416 g/mol. The fourth-order valence-corrected chi connectivity index (χ4v) is 10.7. The van der Waals surface area contributed by atoms with Crippen LogP contribution in [0.5, 0.6) is 0 Å². The van der Waals surface area contributed by atoms with Gasteiger partial charge in [-0.2, -0.15) is 0 Å². The van der Waals surface area contributed by atoms with Gasteiger partial charge in [0, 0.05) is 9.80 Å². The first-order chi connectivity index (χ1) is 13.3. The third-order valence-electron chi connectivity index (χ3n) is 5.86. The van der Waals surface area contributed by atoms with E-state index in [0.717, 1.165) is 22.6 Å². The molecule has 1 atom stereocenters. The fraction of sp³-hybridized carbons (Fsp3) is 0.600. The number of rotatable bonds is 10. The van der Waals surface area contributed by atoms with E-state index in [0.29, 0.717) is 16.6 Å². The minimum atomic E-state index is -1.76. The van der Waals surface area contributed by atoms with Crippen molar-refractivity contribution in [3.63, 3.8) is 0 Å². The largest absolute Gasteiger partial charge is 0.249 e. The maximum atomic E-state index is 13.2. The van der Waals surface area contributed by atoms with Gasteiger partial charge in [-0.3, -0.25) is 0 Å². The van der Waals surface area contributed by atoms with Crippen LogP contribution in [0.1, 0.15) is 80.6 Å². The highest BCUT2D eigenvalue weighted by Gasteiger charge is 2.41. The van der Waals surface area contributed by atoms with Crippen molar-refractivity contribution in [2.75, 3.05) is 0 Å². The summed E-state index contributed by atoms with van der Waals surface area (Å²) in [5.41, 5.74) is 5.58. The summed E-state index contributed by atoms with van der Waals surface area (Å²) < 4.78 is 13.2. The molecule has 0 aliphatic heterocycles. The number of hydrogen-bond donors (Lipinski definition) is 0. The van der Waals surface area contributed by atoms with Crippen molar-refractivity contribution in [2.45, 2.75) is 102 Å². The Labute approximate surface area is 177 Å². The van der Waals surface area contributed by atoms with E-state index >= 15 is 0 Å². The summed E-state index contributed by atoms with van der Waals surface area (Å²) in [7, 11) is -2.87. The third kappa shape index (κ3) is 6.74. The quantitative estimate of drug-likeness (QED) is 0.215. The molecule has 156 valence electrons. The molecule has 0 saturated carbocycles. The molecule has 1 aromatic carbocycles. The lowest BCUT2D eigenvalue weighted by atomic mass is 10.1. The SMILES string of the molecule is CCCCCC/C(=C/C#C[Si](C(C)C)(C(C)C)C(C)C)S(=O)c1ccccc1. The molecule has 0 spiro atoms. The molecule has 0 radical (unpaired) electrons. The summed E-state index contributed by atoms with van der Waals surface area (Å²) in [6.45, 7) is 16.2. The van der Waals surface area contributed by atoms with Crippen LogP contribution in [0.3, 0.4) is 0 Å². The van der Waals surface area contributed by atoms with Crippen LogP contribution in [0, 0.1) is 11.5 Å². The van der Waals surface area contributed by atoms with Crippen LogP contribution in [-0.2, 0) is 10.8 Å². The minimum Gasteiger partial charge on any atom is -0.249 e. The van der Waals surface area contributed by atoms with Crippen molar-refractivity contribution >= 4 is 18.9 Å². The molecule has 0 amide bonds. The van der Waals surface area contributed by atoms with Gasteiger partial charge in [-0.15, -0.1) is 5.54 Å². The van der Waals surface area contributed by atoms with E-state index in [9.17, 15) is 4.21 Å². The highest BCUT2D eigenvalue weighted by molar-refractivity contribution is 7.89. The first-order valence-corrected chi connectivity index (χ1v) is 14.3. The van der Waals surface area contributed by atoms with Crippen LogP contribution in [-0.4, -0.2) is 12.3 Å². The Morgan fingerprint density at radius 1 is 0.964 bits per heavy atom. The topological polar surface area (TPSA) is 17.1 Å². The maximum Gasteiger partial charge on any atom is 0.146 e. The summed E-state index contributed by atoms with van der Waals surface area (Å²) in [5, 5.41) is 0. The lowest BCUT2D eigenvalue weighted by Crippen LogP contribution is -2.43. The molecule has 0 fully saturated rings. The Morgan fingerprint density at radius 2 is 1.54 bits per heavy atom. The van der Waals surface area contributed by atoms with Crippen molar-refractivity contribution < 1.29 is 4.21 Å². The van der Waals surface area contributed by atoms with E-state index in [2.05, 4.69) is 59.9 Å². The van der Waals surface area contributed by atoms with Crippen LogP contribution in [0.15, 0.2) is 46.2 Å². The van der Waals surface area contributed by atoms with Gasteiger partial charge in [-0.05, 0) is 47.7 Å². The Morgan fingerprint density at radius 3 is 2.04 bits per heavy atom. The number of unbranched alkanes of at least 4 members (excludes halogenated alkanes) is 3. The Kier molecular flexibility index (Phi) is 11.1. The second kappa shape index (κ2) is 12.4. The van der Waals surface area contributed by atoms with Crippen molar-refractivity contribution in [3.8, 4) is 11.5 Å². The average molecular weight is 417 g/mol. The standard InChI is InChI=1S/C25H40OSSi/c1-8-9-10-12-16-25(27(26)24-17-13-11-14-18-24)19-15-20-28(21(2)3,22(4)5)23(6)7/h11,13-14,17-19,21-23H,8-10,12,16H2,1-7H3/b25-19-. The zero-order valence-electron chi connectivity index (χ0n) is 19.0. The summed E-state index contributed by atoms with van der Waals surface area (Å²) in [5.74, 6) is 3.42. The fourth-order valence-electron chi connectivity index (χ4n) is 4.31. The van der Waals surface area contributed by atoms with Gasteiger partial charge >= 0.3 is 0 Å². The van der Waals surface area contributed by atoms with Crippen LogP contribution in [0.2, 0.25) is 16.6 Å². The predicted molar refractivity (Wildman–Crippen MR) is 129 cm³/mol. The third-order valence-corrected chi connectivity index (χ3v) is 13.7. The molecule has 0 heterocycles. The molecule has 0 saturated heterocycles. The lowest BCUT2D eigenvalue weighted by molar-refractivity contribution is 0.663. The molecule has 1 aromatic rings. The highest BCUT2D eigenvalue weighted by Crippen LogP contribution is 2.40. The molecule has 0 N–H and O–H groups in total. The van der Waals surface area contributed by atoms with E-state index in [1.54, 1.807) is 0 Å².